The second kappa shape index (κ2) is 4.44. The van der Waals surface area contributed by atoms with Crippen LogP contribution in [0.15, 0.2) is 5.51 Å². The molecule has 0 aromatic carbocycles. The average molecular weight is 214 g/mol. The molecule has 2 rings (SSSR count). The predicted molar refractivity (Wildman–Crippen MR) is 59.4 cm³/mol. The van der Waals surface area contributed by atoms with E-state index in [0.717, 1.165) is 12.6 Å². The molecule has 2 heterocycles. The van der Waals surface area contributed by atoms with Crippen molar-refractivity contribution in [3.8, 4) is 0 Å². The van der Waals surface area contributed by atoms with Crippen LogP contribution in [-0.4, -0.2) is 22.5 Å². The Hall–Kier alpha value is -0.0600. The first-order chi connectivity index (χ1) is 6.36. The first-order valence-electron chi connectivity index (χ1n) is 4.56. The average Bonchev–Trinajstić information content (AvgIpc) is 2.72. The molecule has 1 aromatic rings. The fourth-order valence-electron chi connectivity index (χ4n) is 1.43. The molecule has 0 bridgehead atoms. The summed E-state index contributed by atoms with van der Waals surface area (Å²) in [5.41, 5.74) is 3.11. The fraction of sp³-hybridized carbons (Fsp3) is 0.667. The molecule has 1 saturated heterocycles. The van der Waals surface area contributed by atoms with Gasteiger partial charge in [0.25, 0.3) is 0 Å². The molecule has 2 nitrogen and oxygen atoms in total. The molecule has 72 valence electrons. The molecular formula is C9H14N2S2. The first kappa shape index (κ1) is 9.49. The molecule has 1 N–H and O–H groups in total. The molecule has 0 spiro atoms. The van der Waals surface area contributed by atoms with E-state index in [4.69, 9.17) is 0 Å². The van der Waals surface area contributed by atoms with E-state index in [1.165, 1.54) is 28.5 Å². The number of aryl methyl sites for hydroxylation is 1. The number of nitrogens with zero attached hydrogens (tertiary/aromatic N) is 1. The summed E-state index contributed by atoms with van der Waals surface area (Å²) in [6.07, 6.45) is 1.32. The largest absolute Gasteiger partial charge is 0.308 e. The van der Waals surface area contributed by atoms with Crippen LogP contribution < -0.4 is 5.32 Å². The highest BCUT2D eigenvalue weighted by Crippen LogP contribution is 2.18. The van der Waals surface area contributed by atoms with Crippen molar-refractivity contribution in [1.29, 1.82) is 0 Å². The van der Waals surface area contributed by atoms with E-state index >= 15 is 0 Å². The van der Waals surface area contributed by atoms with Crippen molar-refractivity contribution in [3.05, 3.63) is 16.1 Å². The highest BCUT2D eigenvalue weighted by Gasteiger charge is 2.14. The minimum Gasteiger partial charge on any atom is -0.308 e. The van der Waals surface area contributed by atoms with Gasteiger partial charge in [-0.1, -0.05) is 0 Å². The number of thioether (sulfide) groups is 1. The van der Waals surface area contributed by atoms with Gasteiger partial charge in [-0.25, -0.2) is 4.98 Å². The maximum Gasteiger partial charge on any atom is 0.0798 e. The third-order valence-corrected chi connectivity index (χ3v) is 4.42. The number of nitrogens with one attached hydrogen (secondary N) is 1. The van der Waals surface area contributed by atoms with E-state index in [0.29, 0.717) is 0 Å². The first-order valence-corrected chi connectivity index (χ1v) is 6.60. The third-order valence-electron chi connectivity index (χ3n) is 2.33. The molecule has 0 radical (unpaired) electrons. The standard InChI is InChI=1S/C9H14N2S2/c1-7-9(13-6-11-7)4-10-8-2-3-12-5-8/h6,8,10H,2-5H2,1H3. The highest BCUT2D eigenvalue weighted by atomic mass is 32.2. The number of hydrogen-bond donors (Lipinski definition) is 1. The molecule has 0 saturated carbocycles. The van der Waals surface area contributed by atoms with Crippen LogP contribution in [0.1, 0.15) is 17.0 Å². The normalized spacial score (nSPS) is 22.4. The fourth-order valence-corrected chi connectivity index (χ4v) is 3.34. The van der Waals surface area contributed by atoms with Crippen molar-refractivity contribution in [2.24, 2.45) is 0 Å². The highest BCUT2D eigenvalue weighted by molar-refractivity contribution is 7.99. The van der Waals surface area contributed by atoms with Gasteiger partial charge in [0.15, 0.2) is 0 Å². The third kappa shape index (κ3) is 2.45. The summed E-state index contributed by atoms with van der Waals surface area (Å²) in [5, 5.41) is 3.57. The number of thiazole rings is 1. The summed E-state index contributed by atoms with van der Waals surface area (Å²) < 4.78 is 0. The molecule has 1 fully saturated rings. The van der Waals surface area contributed by atoms with E-state index in [2.05, 4.69) is 17.2 Å². The zero-order valence-corrected chi connectivity index (χ0v) is 9.38. The lowest BCUT2D eigenvalue weighted by molar-refractivity contribution is 0.560. The molecule has 0 aliphatic carbocycles. The lowest BCUT2D eigenvalue weighted by Crippen LogP contribution is -2.27. The van der Waals surface area contributed by atoms with Gasteiger partial charge in [-0.15, -0.1) is 11.3 Å². The Kier molecular flexibility index (Phi) is 3.24. The molecule has 1 atom stereocenters. The Bertz CT molecular complexity index is 266. The van der Waals surface area contributed by atoms with Gasteiger partial charge in [-0.05, 0) is 19.1 Å². The van der Waals surface area contributed by atoms with Crippen molar-refractivity contribution >= 4 is 23.1 Å². The van der Waals surface area contributed by atoms with Crippen LogP contribution in [-0.2, 0) is 6.54 Å². The summed E-state index contributed by atoms with van der Waals surface area (Å²) in [6, 6.07) is 0.728. The van der Waals surface area contributed by atoms with Crippen molar-refractivity contribution < 1.29 is 0 Å². The van der Waals surface area contributed by atoms with E-state index in [1.807, 2.05) is 17.3 Å². The van der Waals surface area contributed by atoms with Crippen LogP contribution in [0.2, 0.25) is 0 Å². The van der Waals surface area contributed by atoms with Crippen LogP contribution in [0.5, 0.6) is 0 Å². The van der Waals surface area contributed by atoms with Gasteiger partial charge in [-0.3, -0.25) is 0 Å². The van der Waals surface area contributed by atoms with Gasteiger partial charge in [0, 0.05) is 23.2 Å². The van der Waals surface area contributed by atoms with Crippen LogP contribution in [0, 0.1) is 6.92 Å². The van der Waals surface area contributed by atoms with Crippen LogP contribution in [0.25, 0.3) is 0 Å². The smallest absolute Gasteiger partial charge is 0.0798 e. The Morgan fingerprint density at radius 1 is 1.69 bits per heavy atom. The zero-order chi connectivity index (χ0) is 9.10. The van der Waals surface area contributed by atoms with E-state index in [9.17, 15) is 0 Å². The number of hydrogen-bond acceptors (Lipinski definition) is 4. The minimum absolute atomic E-state index is 0.728. The molecule has 4 heteroatoms. The molecule has 1 aliphatic heterocycles. The Balaban J connectivity index is 1.82. The molecule has 0 amide bonds. The topological polar surface area (TPSA) is 24.9 Å². The number of rotatable bonds is 3. The van der Waals surface area contributed by atoms with E-state index in [1.54, 1.807) is 11.3 Å². The van der Waals surface area contributed by atoms with Crippen LogP contribution >= 0.6 is 23.1 Å². The number of aromatic nitrogens is 1. The lowest BCUT2D eigenvalue weighted by Gasteiger charge is -2.09. The SMILES string of the molecule is Cc1ncsc1CNC1CCSC1. The quantitative estimate of drug-likeness (QED) is 0.833. The van der Waals surface area contributed by atoms with Gasteiger partial charge in [-0.2, -0.15) is 11.8 Å². The Labute approximate surface area is 87.1 Å². The van der Waals surface area contributed by atoms with Gasteiger partial charge < -0.3 is 5.32 Å². The molecule has 1 aromatic heterocycles. The zero-order valence-electron chi connectivity index (χ0n) is 7.75. The maximum absolute atomic E-state index is 4.24. The van der Waals surface area contributed by atoms with E-state index in [-0.39, 0.29) is 0 Å². The Morgan fingerprint density at radius 2 is 2.62 bits per heavy atom. The van der Waals surface area contributed by atoms with Crippen molar-refractivity contribution in [1.82, 2.24) is 10.3 Å². The molecular weight excluding hydrogens is 200 g/mol. The summed E-state index contributed by atoms with van der Waals surface area (Å²) in [5.74, 6) is 2.59. The predicted octanol–water partition coefficient (Wildman–Crippen LogP) is 2.05. The van der Waals surface area contributed by atoms with E-state index < -0.39 is 0 Å². The monoisotopic (exact) mass is 214 g/mol. The van der Waals surface area contributed by atoms with Crippen LogP contribution in [0.3, 0.4) is 0 Å². The summed E-state index contributed by atoms with van der Waals surface area (Å²) in [6.45, 7) is 3.08. The maximum atomic E-state index is 4.24. The van der Waals surface area contributed by atoms with Crippen molar-refractivity contribution in [2.45, 2.75) is 25.9 Å². The van der Waals surface area contributed by atoms with Gasteiger partial charge >= 0.3 is 0 Å². The lowest BCUT2D eigenvalue weighted by atomic mass is 10.2. The summed E-state index contributed by atoms with van der Waals surface area (Å²) in [7, 11) is 0. The molecule has 1 aliphatic rings. The van der Waals surface area contributed by atoms with Gasteiger partial charge in [0.2, 0.25) is 0 Å². The second-order valence-corrected chi connectivity index (χ2v) is 5.39. The summed E-state index contributed by atoms with van der Waals surface area (Å²) in [4.78, 5) is 5.62. The summed E-state index contributed by atoms with van der Waals surface area (Å²) >= 11 is 3.80. The molecule has 13 heavy (non-hydrogen) atoms. The van der Waals surface area contributed by atoms with Crippen LogP contribution in [0.4, 0.5) is 0 Å². The van der Waals surface area contributed by atoms with Crippen molar-refractivity contribution in [2.75, 3.05) is 11.5 Å². The second-order valence-electron chi connectivity index (χ2n) is 3.30. The molecule has 1 unspecified atom stereocenters. The van der Waals surface area contributed by atoms with Gasteiger partial charge in [0.05, 0.1) is 11.2 Å². The van der Waals surface area contributed by atoms with Crippen molar-refractivity contribution in [3.63, 3.8) is 0 Å². The minimum atomic E-state index is 0.728. The Morgan fingerprint density at radius 3 is 3.23 bits per heavy atom. The van der Waals surface area contributed by atoms with Gasteiger partial charge in [0.1, 0.15) is 0 Å².